The van der Waals surface area contributed by atoms with Crippen LogP contribution in [0.5, 0.6) is 11.5 Å². The fourth-order valence-electron chi connectivity index (χ4n) is 1.55. The molecule has 0 radical (unpaired) electrons. The van der Waals surface area contributed by atoms with E-state index >= 15 is 0 Å². The molecule has 2 aromatic rings. The molecule has 0 saturated heterocycles. The first-order valence-corrected chi connectivity index (χ1v) is 8.18. The van der Waals surface area contributed by atoms with Crippen molar-refractivity contribution in [1.29, 1.82) is 0 Å². The van der Waals surface area contributed by atoms with Crippen LogP contribution in [0.25, 0.3) is 0 Å². The minimum absolute atomic E-state index is 0.0872. The summed E-state index contributed by atoms with van der Waals surface area (Å²) in [5.74, 6) is 0.727. The van der Waals surface area contributed by atoms with E-state index in [1.54, 1.807) is 18.2 Å². The molecule has 0 aliphatic heterocycles. The molecule has 2 aromatic carbocycles. The Kier molecular flexibility index (Phi) is 5.17. The van der Waals surface area contributed by atoms with Crippen molar-refractivity contribution < 1.29 is 9.66 Å². The van der Waals surface area contributed by atoms with E-state index in [-0.39, 0.29) is 11.4 Å². The Bertz CT molecular complexity index is 661. The lowest BCUT2D eigenvalue weighted by Crippen LogP contribution is -1.94. The summed E-state index contributed by atoms with van der Waals surface area (Å²) in [6.45, 7) is 0. The molecule has 0 aliphatic carbocycles. The summed E-state index contributed by atoms with van der Waals surface area (Å²) in [7, 11) is 0. The maximum Gasteiger partial charge on any atom is 0.312 e. The van der Waals surface area contributed by atoms with Crippen LogP contribution in [-0.4, -0.2) is 4.92 Å². The van der Waals surface area contributed by atoms with E-state index in [0.29, 0.717) is 10.2 Å². The average Bonchev–Trinajstić information content (AvgIpc) is 2.42. The topological polar surface area (TPSA) is 52.4 Å². The van der Waals surface area contributed by atoms with Crippen LogP contribution in [0.4, 0.5) is 5.69 Å². The lowest BCUT2D eigenvalue weighted by atomic mass is 10.2. The predicted octanol–water partition coefficient (Wildman–Crippen LogP) is 5.81. The van der Waals surface area contributed by atoms with Crippen molar-refractivity contribution in [2.75, 3.05) is 0 Å². The van der Waals surface area contributed by atoms with Gasteiger partial charge in [-0.25, -0.2) is 0 Å². The number of ether oxygens (including phenoxy) is 1. The molecule has 104 valence electrons. The van der Waals surface area contributed by atoms with Crippen LogP contribution in [0.15, 0.2) is 45.3 Å². The van der Waals surface area contributed by atoms with Crippen molar-refractivity contribution in [3.63, 3.8) is 0 Å². The first-order chi connectivity index (χ1) is 9.51. The second-order valence-corrected chi connectivity index (χ2v) is 6.20. The van der Waals surface area contributed by atoms with Gasteiger partial charge >= 0.3 is 5.69 Å². The van der Waals surface area contributed by atoms with Gasteiger partial charge in [0.1, 0.15) is 5.75 Å². The van der Waals surface area contributed by atoms with Crippen LogP contribution in [-0.2, 0) is 5.33 Å². The van der Waals surface area contributed by atoms with E-state index < -0.39 is 4.92 Å². The van der Waals surface area contributed by atoms with Crippen LogP contribution in [0.3, 0.4) is 0 Å². The van der Waals surface area contributed by atoms with Crippen molar-refractivity contribution in [1.82, 2.24) is 0 Å². The van der Waals surface area contributed by atoms with E-state index in [9.17, 15) is 10.1 Å². The average molecular weight is 466 g/mol. The molecule has 0 aliphatic rings. The highest BCUT2D eigenvalue weighted by molar-refractivity contribution is 9.11. The number of rotatable bonds is 4. The van der Waals surface area contributed by atoms with Crippen molar-refractivity contribution in [2.24, 2.45) is 0 Å². The van der Waals surface area contributed by atoms with Gasteiger partial charge in [0.05, 0.1) is 9.40 Å². The van der Waals surface area contributed by atoms with Crippen LogP contribution < -0.4 is 4.74 Å². The lowest BCUT2D eigenvalue weighted by Gasteiger charge is -2.09. The number of benzene rings is 2. The van der Waals surface area contributed by atoms with Gasteiger partial charge in [-0.3, -0.25) is 10.1 Å². The SMILES string of the molecule is O=[N+]([O-])c1cc(Br)ccc1Oc1ccc(CBr)cc1Br. The third kappa shape index (κ3) is 3.59. The molecule has 0 N–H and O–H groups in total. The maximum absolute atomic E-state index is 11.0. The lowest BCUT2D eigenvalue weighted by molar-refractivity contribution is -0.385. The van der Waals surface area contributed by atoms with Crippen molar-refractivity contribution in [2.45, 2.75) is 5.33 Å². The second-order valence-electron chi connectivity index (χ2n) is 3.87. The summed E-state index contributed by atoms with van der Waals surface area (Å²) >= 11 is 9.97. The molecule has 20 heavy (non-hydrogen) atoms. The largest absolute Gasteiger partial charge is 0.449 e. The predicted molar refractivity (Wildman–Crippen MR) is 87.6 cm³/mol. The molecular weight excluding hydrogens is 458 g/mol. The van der Waals surface area contributed by atoms with E-state index in [1.807, 2.05) is 12.1 Å². The summed E-state index contributed by atoms with van der Waals surface area (Å²) in [4.78, 5) is 10.6. The minimum atomic E-state index is -0.471. The molecule has 2 rings (SSSR count). The highest BCUT2D eigenvalue weighted by Crippen LogP contribution is 2.37. The van der Waals surface area contributed by atoms with E-state index in [4.69, 9.17) is 4.74 Å². The minimum Gasteiger partial charge on any atom is -0.449 e. The van der Waals surface area contributed by atoms with Gasteiger partial charge in [-0.05, 0) is 45.8 Å². The van der Waals surface area contributed by atoms with E-state index in [0.717, 1.165) is 15.4 Å². The Labute approximate surface area is 140 Å². The molecule has 0 heterocycles. The third-order valence-corrected chi connectivity index (χ3v) is 4.25. The number of halogens is 3. The van der Waals surface area contributed by atoms with Gasteiger partial charge in [0.25, 0.3) is 0 Å². The highest BCUT2D eigenvalue weighted by Gasteiger charge is 2.17. The standard InChI is InChI=1S/C13H8Br3NO3/c14-7-8-1-3-12(10(16)5-8)20-13-4-2-9(15)6-11(13)17(18)19/h1-6H,7H2. The quantitative estimate of drug-likeness (QED) is 0.325. The molecule has 0 bridgehead atoms. The first-order valence-electron chi connectivity index (χ1n) is 5.47. The van der Waals surface area contributed by atoms with Crippen LogP contribution >= 0.6 is 47.8 Å². The molecule has 4 nitrogen and oxygen atoms in total. The fourth-order valence-corrected chi connectivity index (χ4v) is 2.75. The monoisotopic (exact) mass is 463 g/mol. The van der Waals surface area contributed by atoms with Gasteiger partial charge < -0.3 is 4.74 Å². The summed E-state index contributed by atoms with van der Waals surface area (Å²) < 4.78 is 7.00. The second kappa shape index (κ2) is 6.69. The summed E-state index contributed by atoms with van der Waals surface area (Å²) in [6, 6.07) is 10.2. The summed E-state index contributed by atoms with van der Waals surface area (Å²) in [6.07, 6.45) is 0. The van der Waals surface area contributed by atoms with Gasteiger partial charge in [-0.2, -0.15) is 0 Å². The summed E-state index contributed by atoms with van der Waals surface area (Å²) in [5.41, 5.74) is 0.991. The number of hydrogen-bond donors (Lipinski definition) is 0. The Morgan fingerprint density at radius 1 is 1.10 bits per heavy atom. The Balaban J connectivity index is 2.37. The molecule has 0 saturated carbocycles. The first kappa shape index (κ1) is 15.5. The molecule has 0 amide bonds. The van der Waals surface area contributed by atoms with Gasteiger partial charge in [-0.1, -0.05) is 37.9 Å². The molecule has 7 heteroatoms. The van der Waals surface area contributed by atoms with Gasteiger partial charge in [0, 0.05) is 15.9 Å². The zero-order valence-electron chi connectivity index (χ0n) is 9.98. The Morgan fingerprint density at radius 3 is 2.40 bits per heavy atom. The van der Waals surface area contributed by atoms with Crippen molar-refractivity contribution in [3.05, 3.63) is 61.0 Å². The van der Waals surface area contributed by atoms with E-state index in [1.165, 1.54) is 6.07 Å². The van der Waals surface area contributed by atoms with Gasteiger partial charge in [-0.15, -0.1) is 0 Å². The van der Waals surface area contributed by atoms with E-state index in [2.05, 4.69) is 47.8 Å². The van der Waals surface area contributed by atoms with Gasteiger partial charge in [0.2, 0.25) is 5.75 Å². The van der Waals surface area contributed by atoms with Crippen LogP contribution in [0.2, 0.25) is 0 Å². The molecule has 0 aromatic heterocycles. The number of nitro benzene ring substituents is 1. The molecule has 0 spiro atoms. The number of nitrogens with zero attached hydrogens (tertiary/aromatic N) is 1. The number of nitro groups is 1. The zero-order chi connectivity index (χ0) is 14.7. The van der Waals surface area contributed by atoms with Crippen molar-refractivity contribution in [3.8, 4) is 11.5 Å². The zero-order valence-corrected chi connectivity index (χ0v) is 14.7. The molecule has 0 unspecified atom stereocenters. The highest BCUT2D eigenvalue weighted by atomic mass is 79.9. The van der Waals surface area contributed by atoms with Gasteiger partial charge in [0.15, 0.2) is 0 Å². The molecule has 0 atom stereocenters. The Morgan fingerprint density at radius 2 is 1.80 bits per heavy atom. The normalized spacial score (nSPS) is 10.3. The molecule has 0 fully saturated rings. The smallest absolute Gasteiger partial charge is 0.312 e. The number of alkyl halides is 1. The third-order valence-electron chi connectivity index (χ3n) is 2.49. The number of hydrogen-bond acceptors (Lipinski definition) is 3. The van der Waals surface area contributed by atoms with Crippen LogP contribution in [0, 0.1) is 10.1 Å². The van der Waals surface area contributed by atoms with Crippen LogP contribution in [0.1, 0.15) is 5.56 Å². The maximum atomic E-state index is 11.0. The van der Waals surface area contributed by atoms with Crippen molar-refractivity contribution >= 4 is 53.5 Å². The molecular formula is C13H8Br3NO3. The summed E-state index contributed by atoms with van der Waals surface area (Å²) in [5, 5.41) is 11.8. The Hall–Kier alpha value is -0.920. The fraction of sp³-hybridized carbons (Fsp3) is 0.0769.